The zero-order chi connectivity index (χ0) is 15.5. The third kappa shape index (κ3) is 3.00. The molecule has 0 unspecified atom stereocenters. The molecule has 0 saturated heterocycles. The van der Waals surface area contributed by atoms with Crippen LogP contribution >= 0.6 is 0 Å². The molecule has 0 amide bonds. The number of carbonyl (C=O) groups excluding carboxylic acids is 1. The Bertz CT molecular complexity index is 508. The van der Waals surface area contributed by atoms with E-state index in [1.807, 2.05) is 27.7 Å². The smallest absolute Gasteiger partial charge is 0.310 e. The maximum absolute atomic E-state index is 12.4. The summed E-state index contributed by atoms with van der Waals surface area (Å²) in [4.78, 5) is 23.9. The van der Waals surface area contributed by atoms with Crippen LogP contribution in [0.2, 0.25) is 0 Å². The Balaban J connectivity index is 3.10. The summed E-state index contributed by atoms with van der Waals surface area (Å²) in [6.45, 7) is 7.32. The summed E-state index contributed by atoms with van der Waals surface area (Å²) in [5.41, 5.74) is 7.82. The molecule has 0 atom stereocenters. The molecule has 0 radical (unpaired) electrons. The molecular weight excluding hydrogens is 254 g/mol. The van der Waals surface area contributed by atoms with Crippen molar-refractivity contribution in [1.29, 1.82) is 0 Å². The minimum Gasteiger partial charge on any atom is -0.481 e. The molecule has 110 valence electrons. The fourth-order valence-electron chi connectivity index (χ4n) is 2.42. The number of carboxylic acid groups (broad SMARTS) is 1. The van der Waals surface area contributed by atoms with E-state index < -0.39 is 11.4 Å². The number of anilines is 1. The molecule has 3 N–H and O–H groups in total. The Morgan fingerprint density at radius 3 is 1.95 bits per heavy atom. The first-order valence-electron chi connectivity index (χ1n) is 6.90. The third-order valence-corrected chi connectivity index (χ3v) is 4.22. The number of hydrogen-bond donors (Lipinski definition) is 2. The second-order valence-electron chi connectivity index (χ2n) is 5.42. The van der Waals surface area contributed by atoms with Crippen molar-refractivity contribution in [2.45, 2.75) is 47.0 Å². The second-order valence-corrected chi connectivity index (χ2v) is 5.42. The van der Waals surface area contributed by atoms with Gasteiger partial charge in [0.15, 0.2) is 5.78 Å². The van der Waals surface area contributed by atoms with Gasteiger partial charge in [0.2, 0.25) is 0 Å². The van der Waals surface area contributed by atoms with Crippen LogP contribution in [-0.2, 0) is 4.79 Å². The summed E-state index contributed by atoms with van der Waals surface area (Å²) in [5, 5.41) is 9.40. The topological polar surface area (TPSA) is 80.4 Å². The Morgan fingerprint density at radius 1 is 1.15 bits per heavy atom. The van der Waals surface area contributed by atoms with Gasteiger partial charge in [-0.25, -0.2) is 0 Å². The third-order valence-electron chi connectivity index (χ3n) is 4.22. The van der Waals surface area contributed by atoms with E-state index in [0.29, 0.717) is 24.1 Å². The normalized spacial score (nSPS) is 11.4. The molecule has 4 nitrogen and oxygen atoms in total. The molecule has 0 aliphatic rings. The van der Waals surface area contributed by atoms with E-state index in [9.17, 15) is 14.7 Å². The van der Waals surface area contributed by atoms with Crippen LogP contribution in [0.25, 0.3) is 0 Å². The van der Waals surface area contributed by atoms with Crippen LogP contribution < -0.4 is 5.73 Å². The standard InChI is InChI=1S/C16H23NO3/c1-5-16(6-2,15(19)20)9-13(18)12-7-10(3)14(17)11(4)8-12/h7-8H,5-6,9,17H2,1-4H3,(H,19,20). The van der Waals surface area contributed by atoms with Gasteiger partial charge in [-0.1, -0.05) is 13.8 Å². The van der Waals surface area contributed by atoms with Crippen LogP contribution in [-0.4, -0.2) is 16.9 Å². The van der Waals surface area contributed by atoms with E-state index in [1.54, 1.807) is 12.1 Å². The molecule has 0 fully saturated rings. The highest BCUT2D eigenvalue weighted by molar-refractivity contribution is 5.99. The van der Waals surface area contributed by atoms with Gasteiger partial charge in [-0.2, -0.15) is 0 Å². The largest absolute Gasteiger partial charge is 0.481 e. The number of aliphatic carboxylic acids is 1. The quantitative estimate of drug-likeness (QED) is 0.617. The SMILES string of the molecule is CCC(CC)(CC(=O)c1cc(C)c(N)c(C)c1)C(=O)O. The van der Waals surface area contributed by atoms with Crippen LogP contribution in [0.5, 0.6) is 0 Å². The van der Waals surface area contributed by atoms with Gasteiger partial charge < -0.3 is 10.8 Å². The van der Waals surface area contributed by atoms with Gasteiger partial charge >= 0.3 is 5.97 Å². The highest BCUT2D eigenvalue weighted by Gasteiger charge is 2.37. The van der Waals surface area contributed by atoms with Gasteiger partial charge in [-0.15, -0.1) is 0 Å². The van der Waals surface area contributed by atoms with Crippen molar-refractivity contribution in [2.75, 3.05) is 5.73 Å². The van der Waals surface area contributed by atoms with Crippen molar-refractivity contribution >= 4 is 17.4 Å². The van der Waals surface area contributed by atoms with Crippen molar-refractivity contribution < 1.29 is 14.7 Å². The molecule has 0 heterocycles. The van der Waals surface area contributed by atoms with E-state index in [-0.39, 0.29) is 12.2 Å². The number of hydrogen-bond acceptors (Lipinski definition) is 3. The Hall–Kier alpha value is -1.84. The van der Waals surface area contributed by atoms with Crippen LogP contribution in [0.4, 0.5) is 5.69 Å². The Morgan fingerprint density at radius 2 is 1.60 bits per heavy atom. The maximum Gasteiger partial charge on any atom is 0.310 e. The fraction of sp³-hybridized carbons (Fsp3) is 0.500. The molecule has 1 aromatic rings. The van der Waals surface area contributed by atoms with E-state index in [1.165, 1.54) is 0 Å². The number of Topliss-reactive ketones (excluding diaryl/α,β-unsaturated/α-hetero) is 1. The van der Waals surface area contributed by atoms with Crippen molar-refractivity contribution in [1.82, 2.24) is 0 Å². The lowest BCUT2D eigenvalue weighted by Gasteiger charge is -2.26. The highest BCUT2D eigenvalue weighted by Crippen LogP contribution is 2.33. The minimum atomic E-state index is -0.972. The number of carboxylic acids is 1. The second kappa shape index (κ2) is 6.07. The number of benzene rings is 1. The number of carbonyl (C=O) groups is 2. The molecular formula is C16H23NO3. The van der Waals surface area contributed by atoms with Crippen molar-refractivity contribution in [3.05, 3.63) is 28.8 Å². The molecule has 0 bridgehead atoms. The minimum absolute atomic E-state index is 0.0259. The first kappa shape index (κ1) is 16.2. The van der Waals surface area contributed by atoms with E-state index in [4.69, 9.17) is 5.73 Å². The summed E-state index contributed by atoms with van der Waals surface area (Å²) in [7, 11) is 0. The highest BCUT2D eigenvalue weighted by atomic mass is 16.4. The predicted molar refractivity (Wildman–Crippen MR) is 79.9 cm³/mol. The first-order valence-corrected chi connectivity index (χ1v) is 6.90. The molecule has 1 aromatic carbocycles. The number of rotatable bonds is 6. The lowest BCUT2D eigenvalue weighted by atomic mass is 9.77. The summed E-state index contributed by atoms with van der Waals surface area (Å²) in [6, 6.07) is 3.48. The van der Waals surface area contributed by atoms with Crippen LogP contribution in [0.15, 0.2) is 12.1 Å². The number of nitrogens with two attached hydrogens (primary N) is 1. The molecule has 4 heteroatoms. The number of aryl methyl sites for hydroxylation is 2. The lowest BCUT2D eigenvalue weighted by Crippen LogP contribution is -2.32. The number of nitrogen functional groups attached to an aromatic ring is 1. The monoisotopic (exact) mass is 277 g/mol. The molecule has 0 aliphatic heterocycles. The molecule has 0 aliphatic carbocycles. The first-order chi connectivity index (χ1) is 9.27. The molecule has 0 aromatic heterocycles. The van der Waals surface area contributed by atoms with E-state index in [0.717, 1.165) is 11.1 Å². The fourth-order valence-corrected chi connectivity index (χ4v) is 2.42. The van der Waals surface area contributed by atoms with Gasteiger partial charge in [0.1, 0.15) is 0 Å². The maximum atomic E-state index is 12.4. The Labute approximate surface area is 120 Å². The van der Waals surface area contributed by atoms with Crippen LogP contribution in [0.1, 0.15) is 54.6 Å². The molecule has 0 spiro atoms. The summed E-state index contributed by atoms with van der Waals surface area (Å²) in [6.07, 6.45) is 0.910. The van der Waals surface area contributed by atoms with Crippen LogP contribution in [0.3, 0.4) is 0 Å². The zero-order valence-electron chi connectivity index (χ0n) is 12.6. The van der Waals surface area contributed by atoms with Crippen molar-refractivity contribution in [3.8, 4) is 0 Å². The number of ketones is 1. The van der Waals surface area contributed by atoms with Gasteiger partial charge in [0, 0.05) is 17.7 Å². The Kier molecular flexibility index (Phi) is 4.93. The van der Waals surface area contributed by atoms with Gasteiger partial charge in [-0.05, 0) is 49.9 Å². The summed E-state index contributed by atoms with van der Waals surface area (Å²) >= 11 is 0. The predicted octanol–water partition coefficient (Wildman–Crippen LogP) is 3.35. The van der Waals surface area contributed by atoms with Crippen LogP contribution in [0, 0.1) is 19.3 Å². The molecule has 20 heavy (non-hydrogen) atoms. The lowest BCUT2D eigenvalue weighted by molar-refractivity contribution is -0.149. The summed E-state index contributed by atoms with van der Waals surface area (Å²) in [5.74, 6) is -1.04. The molecule has 0 saturated carbocycles. The molecule has 1 rings (SSSR count). The van der Waals surface area contributed by atoms with Crippen molar-refractivity contribution in [3.63, 3.8) is 0 Å². The van der Waals surface area contributed by atoms with Gasteiger partial charge in [0.05, 0.1) is 5.41 Å². The van der Waals surface area contributed by atoms with E-state index in [2.05, 4.69) is 0 Å². The zero-order valence-corrected chi connectivity index (χ0v) is 12.6. The van der Waals surface area contributed by atoms with Gasteiger partial charge in [0.25, 0.3) is 0 Å². The van der Waals surface area contributed by atoms with E-state index >= 15 is 0 Å². The average molecular weight is 277 g/mol. The summed E-state index contributed by atoms with van der Waals surface area (Å²) < 4.78 is 0. The van der Waals surface area contributed by atoms with Gasteiger partial charge in [-0.3, -0.25) is 9.59 Å². The average Bonchev–Trinajstić information content (AvgIpc) is 2.41. The van der Waals surface area contributed by atoms with Crippen molar-refractivity contribution in [2.24, 2.45) is 5.41 Å².